The van der Waals surface area contributed by atoms with E-state index in [4.69, 9.17) is 4.74 Å². The fourth-order valence-corrected chi connectivity index (χ4v) is 5.64. The maximum Gasteiger partial charge on any atom is 0.251 e. The SMILES string of the molecule is O=C([C@H]1CCCO1)N1CCC2(CC1)CC2c1ccc(-c2ccc(C3N=CN=N3)cc2)cc1. The van der Waals surface area contributed by atoms with Gasteiger partial charge in [0.15, 0.2) is 6.17 Å². The van der Waals surface area contributed by atoms with Crippen LogP contribution < -0.4 is 0 Å². The quantitative estimate of drug-likeness (QED) is 0.678. The van der Waals surface area contributed by atoms with E-state index in [-0.39, 0.29) is 18.2 Å². The van der Waals surface area contributed by atoms with Crippen LogP contribution in [0.25, 0.3) is 11.1 Å². The van der Waals surface area contributed by atoms with Crippen LogP contribution in [0.5, 0.6) is 0 Å². The molecule has 2 aromatic rings. The Kier molecular flexibility index (Phi) is 4.90. The van der Waals surface area contributed by atoms with Crippen LogP contribution in [0.3, 0.4) is 0 Å². The minimum atomic E-state index is -0.190. The summed E-state index contributed by atoms with van der Waals surface area (Å²) in [6, 6.07) is 17.5. The van der Waals surface area contributed by atoms with Crippen LogP contribution in [0.1, 0.15) is 55.3 Å². The van der Waals surface area contributed by atoms with Crippen LogP contribution in [0.2, 0.25) is 0 Å². The van der Waals surface area contributed by atoms with Gasteiger partial charge in [0, 0.05) is 25.3 Å². The summed E-state index contributed by atoms with van der Waals surface area (Å²) in [6.45, 7) is 2.49. The van der Waals surface area contributed by atoms with Crippen molar-refractivity contribution >= 4 is 12.2 Å². The lowest BCUT2D eigenvalue weighted by molar-refractivity contribution is -0.142. The number of aliphatic imine (C=N–C) groups is 1. The molecule has 2 unspecified atom stereocenters. The molecule has 6 heteroatoms. The third-order valence-corrected chi connectivity index (χ3v) is 7.76. The monoisotopic (exact) mass is 428 g/mol. The summed E-state index contributed by atoms with van der Waals surface area (Å²) in [5.41, 5.74) is 5.32. The van der Waals surface area contributed by atoms with Crippen LogP contribution in [-0.4, -0.2) is 42.9 Å². The molecule has 1 saturated carbocycles. The van der Waals surface area contributed by atoms with Crippen molar-refractivity contribution in [2.45, 2.75) is 50.3 Å². The van der Waals surface area contributed by atoms with Crippen molar-refractivity contribution in [3.63, 3.8) is 0 Å². The van der Waals surface area contributed by atoms with Crippen molar-refractivity contribution in [2.24, 2.45) is 20.6 Å². The van der Waals surface area contributed by atoms with Gasteiger partial charge in [-0.25, -0.2) is 4.99 Å². The highest BCUT2D eigenvalue weighted by atomic mass is 16.5. The highest BCUT2D eigenvalue weighted by Crippen LogP contribution is 2.65. The standard InChI is InChI=1S/C26H28N4O2/c31-25(23-2-1-15-32-23)30-13-11-26(12-14-30)16-22(26)20-7-3-18(4-8-20)19-5-9-21(10-6-19)24-27-17-28-29-24/h3-10,17,22-24H,1-2,11-16H2/t22?,23-,24?/m1/s1. The van der Waals surface area contributed by atoms with Crippen LogP contribution in [0.15, 0.2) is 63.8 Å². The molecule has 1 aliphatic carbocycles. The van der Waals surface area contributed by atoms with Crippen molar-refractivity contribution in [3.8, 4) is 11.1 Å². The van der Waals surface area contributed by atoms with Gasteiger partial charge in [-0.05, 0) is 60.1 Å². The molecule has 3 heterocycles. The van der Waals surface area contributed by atoms with Gasteiger partial charge in [-0.15, -0.1) is 5.11 Å². The Labute approximate surface area is 188 Å². The van der Waals surface area contributed by atoms with Gasteiger partial charge >= 0.3 is 0 Å². The molecule has 1 amide bonds. The van der Waals surface area contributed by atoms with Crippen LogP contribution in [0, 0.1) is 5.41 Å². The van der Waals surface area contributed by atoms with Crippen LogP contribution in [0.4, 0.5) is 0 Å². The predicted octanol–water partition coefficient (Wildman–Crippen LogP) is 5.12. The van der Waals surface area contributed by atoms with E-state index >= 15 is 0 Å². The van der Waals surface area contributed by atoms with E-state index < -0.39 is 0 Å². The third-order valence-electron chi connectivity index (χ3n) is 7.76. The molecule has 0 aromatic heterocycles. The van der Waals surface area contributed by atoms with E-state index in [9.17, 15) is 4.79 Å². The second kappa shape index (κ2) is 7.93. The Balaban J connectivity index is 1.08. The molecule has 164 valence electrons. The maximum atomic E-state index is 12.6. The molecule has 2 aromatic carbocycles. The Hall–Kier alpha value is -2.86. The smallest absolute Gasteiger partial charge is 0.251 e. The number of likely N-dealkylation sites (tertiary alicyclic amines) is 1. The molecule has 32 heavy (non-hydrogen) atoms. The number of carbonyl (C=O) groups excluding carboxylic acids is 1. The number of carbonyl (C=O) groups is 1. The van der Waals surface area contributed by atoms with Gasteiger partial charge in [0.25, 0.3) is 5.91 Å². The van der Waals surface area contributed by atoms with Crippen LogP contribution >= 0.6 is 0 Å². The number of hydrogen-bond donors (Lipinski definition) is 0. The summed E-state index contributed by atoms with van der Waals surface area (Å²) in [4.78, 5) is 18.9. The summed E-state index contributed by atoms with van der Waals surface area (Å²) < 4.78 is 5.60. The Morgan fingerprint density at radius 1 is 0.969 bits per heavy atom. The van der Waals surface area contributed by atoms with Crippen LogP contribution in [-0.2, 0) is 9.53 Å². The molecule has 3 aliphatic heterocycles. The Morgan fingerprint density at radius 3 is 2.25 bits per heavy atom. The zero-order valence-electron chi connectivity index (χ0n) is 18.2. The minimum Gasteiger partial charge on any atom is -0.368 e. The van der Waals surface area contributed by atoms with Crippen molar-refractivity contribution in [2.75, 3.05) is 19.7 Å². The number of nitrogens with zero attached hydrogens (tertiary/aromatic N) is 4. The van der Waals surface area contributed by atoms with E-state index in [1.165, 1.54) is 29.4 Å². The normalized spacial score (nSPS) is 27.9. The van der Waals surface area contributed by atoms with E-state index in [0.29, 0.717) is 11.3 Å². The second-order valence-electron chi connectivity index (χ2n) is 9.56. The lowest BCUT2D eigenvalue weighted by Gasteiger charge is -2.34. The maximum absolute atomic E-state index is 12.6. The number of azo groups is 1. The number of benzene rings is 2. The van der Waals surface area contributed by atoms with Crippen molar-refractivity contribution < 1.29 is 9.53 Å². The first-order valence-electron chi connectivity index (χ1n) is 11.7. The van der Waals surface area contributed by atoms with Gasteiger partial charge < -0.3 is 9.64 Å². The van der Waals surface area contributed by atoms with E-state index in [2.05, 4.69) is 63.8 Å². The number of amides is 1. The average molecular weight is 429 g/mol. The lowest BCUT2D eigenvalue weighted by Crippen LogP contribution is -2.44. The van der Waals surface area contributed by atoms with E-state index in [1.807, 2.05) is 4.90 Å². The molecule has 6 rings (SSSR count). The van der Waals surface area contributed by atoms with Crippen molar-refractivity contribution in [1.29, 1.82) is 0 Å². The molecule has 3 atom stereocenters. The van der Waals surface area contributed by atoms with Crippen molar-refractivity contribution in [3.05, 3.63) is 59.7 Å². The predicted molar refractivity (Wildman–Crippen MR) is 123 cm³/mol. The fourth-order valence-electron chi connectivity index (χ4n) is 5.64. The van der Waals surface area contributed by atoms with Crippen molar-refractivity contribution in [1.82, 2.24) is 4.90 Å². The summed E-state index contributed by atoms with van der Waals surface area (Å²) in [6.07, 6.45) is 6.50. The summed E-state index contributed by atoms with van der Waals surface area (Å²) in [7, 11) is 0. The highest BCUT2D eigenvalue weighted by molar-refractivity contribution is 5.81. The molecular formula is C26H28N4O2. The highest BCUT2D eigenvalue weighted by Gasteiger charge is 2.55. The van der Waals surface area contributed by atoms with Gasteiger partial charge in [0.2, 0.25) is 0 Å². The number of ether oxygens (including phenoxy) is 1. The van der Waals surface area contributed by atoms with Gasteiger partial charge in [-0.2, -0.15) is 5.11 Å². The lowest BCUT2D eigenvalue weighted by atomic mass is 9.88. The molecule has 6 nitrogen and oxygen atoms in total. The van der Waals surface area contributed by atoms with Gasteiger partial charge in [0.1, 0.15) is 12.4 Å². The van der Waals surface area contributed by atoms with Gasteiger partial charge in [-0.3, -0.25) is 4.79 Å². The summed E-state index contributed by atoms with van der Waals surface area (Å²) >= 11 is 0. The zero-order valence-corrected chi connectivity index (χ0v) is 18.2. The fraction of sp³-hybridized carbons (Fsp3) is 0.462. The topological polar surface area (TPSA) is 66.6 Å². The molecule has 0 radical (unpaired) electrons. The molecule has 0 N–H and O–H groups in total. The molecular weight excluding hydrogens is 400 g/mol. The number of rotatable bonds is 4. The first kappa shape index (κ1) is 19.8. The molecule has 2 saturated heterocycles. The third kappa shape index (κ3) is 3.56. The molecule has 0 bridgehead atoms. The number of piperidine rings is 1. The molecule has 3 fully saturated rings. The number of hydrogen-bond acceptors (Lipinski definition) is 5. The summed E-state index contributed by atoms with van der Waals surface area (Å²) in [5, 5.41) is 7.93. The first-order valence-corrected chi connectivity index (χ1v) is 11.7. The Bertz CT molecular complexity index is 1030. The van der Waals surface area contributed by atoms with Gasteiger partial charge in [0.05, 0.1) is 0 Å². The van der Waals surface area contributed by atoms with Gasteiger partial charge in [-0.1, -0.05) is 48.5 Å². The van der Waals surface area contributed by atoms with E-state index in [0.717, 1.165) is 50.9 Å². The second-order valence-corrected chi connectivity index (χ2v) is 9.56. The Morgan fingerprint density at radius 2 is 1.66 bits per heavy atom. The molecule has 1 spiro atoms. The first-order chi connectivity index (χ1) is 15.7. The zero-order chi connectivity index (χ0) is 21.5. The summed E-state index contributed by atoms with van der Waals surface area (Å²) in [5.74, 6) is 0.845. The minimum absolute atomic E-state index is 0.184. The van der Waals surface area contributed by atoms with E-state index in [1.54, 1.807) is 0 Å². The average Bonchev–Trinajstić information content (AvgIpc) is 3.28. The largest absolute Gasteiger partial charge is 0.368 e. The molecule has 4 aliphatic rings.